The number of anilines is 1. The fraction of sp³-hybridized carbons (Fsp3) is 0.389. The first kappa shape index (κ1) is 17.2. The average Bonchev–Trinajstić information content (AvgIpc) is 2.68. The van der Waals surface area contributed by atoms with E-state index in [2.05, 4.69) is 25.5 Å². The fourth-order valence-corrected chi connectivity index (χ4v) is 2.67. The van der Waals surface area contributed by atoms with Crippen molar-refractivity contribution in [2.24, 2.45) is 0 Å². The van der Waals surface area contributed by atoms with Gasteiger partial charge in [-0.05, 0) is 36.8 Å². The third kappa shape index (κ3) is 4.90. The van der Waals surface area contributed by atoms with Crippen molar-refractivity contribution in [2.75, 3.05) is 31.2 Å². The lowest BCUT2D eigenvalue weighted by molar-refractivity contribution is 0.122. The minimum absolute atomic E-state index is 0.150. The minimum atomic E-state index is -0.220. The molecule has 1 atom stereocenters. The Bertz CT molecular complexity index is 689. The molecular weight excluding hydrogens is 318 g/mol. The summed E-state index contributed by atoms with van der Waals surface area (Å²) in [6.45, 7) is 5.47. The van der Waals surface area contributed by atoms with Gasteiger partial charge in [0, 0.05) is 32.0 Å². The van der Waals surface area contributed by atoms with Crippen molar-refractivity contribution in [3.63, 3.8) is 0 Å². The van der Waals surface area contributed by atoms with E-state index in [1.807, 2.05) is 37.3 Å². The van der Waals surface area contributed by atoms with Crippen LogP contribution in [-0.4, -0.2) is 42.3 Å². The van der Waals surface area contributed by atoms with Gasteiger partial charge in [-0.3, -0.25) is 4.98 Å². The molecule has 1 fully saturated rings. The van der Waals surface area contributed by atoms with E-state index < -0.39 is 0 Å². The molecule has 3 rings (SSSR count). The van der Waals surface area contributed by atoms with Crippen molar-refractivity contribution in [3.05, 3.63) is 54.0 Å². The standard InChI is InChI=1S/C18H23N5O2/c1-14(16-4-2-3-6-19-16)22-18(24)21-13-15-5-7-20-17(12-15)23-8-10-25-11-9-23/h2-7,12,14H,8-11,13H2,1H3,(H2,21,22,24)/t14-/m0/s1. The number of morpholine rings is 1. The molecule has 3 heterocycles. The van der Waals surface area contributed by atoms with E-state index in [1.54, 1.807) is 12.4 Å². The Kier molecular flexibility index (Phi) is 5.79. The van der Waals surface area contributed by atoms with Gasteiger partial charge in [-0.15, -0.1) is 0 Å². The summed E-state index contributed by atoms with van der Waals surface area (Å²) >= 11 is 0. The third-order valence-corrected chi connectivity index (χ3v) is 4.08. The van der Waals surface area contributed by atoms with Crippen molar-refractivity contribution in [1.82, 2.24) is 20.6 Å². The number of hydrogen-bond donors (Lipinski definition) is 2. The zero-order chi connectivity index (χ0) is 17.5. The summed E-state index contributed by atoms with van der Waals surface area (Å²) in [5.74, 6) is 0.921. The molecule has 25 heavy (non-hydrogen) atoms. The maximum absolute atomic E-state index is 12.1. The number of carbonyl (C=O) groups is 1. The third-order valence-electron chi connectivity index (χ3n) is 4.08. The first-order chi connectivity index (χ1) is 12.2. The Balaban J connectivity index is 1.52. The van der Waals surface area contributed by atoms with Crippen molar-refractivity contribution < 1.29 is 9.53 Å². The number of rotatable bonds is 5. The van der Waals surface area contributed by atoms with E-state index in [-0.39, 0.29) is 12.1 Å². The SMILES string of the molecule is C[C@H](NC(=O)NCc1ccnc(N2CCOCC2)c1)c1ccccn1. The number of nitrogens with zero attached hydrogens (tertiary/aromatic N) is 3. The summed E-state index contributed by atoms with van der Waals surface area (Å²) in [5.41, 5.74) is 1.84. The molecule has 2 aromatic heterocycles. The van der Waals surface area contributed by atoms with Crippen LogP contribution in [0.5, 0.6) is 0 Å². The van der Waals surface area contributed by atoms with Gasteiger partial charge in [0.1, 0.15) is 5.82 Å². The monoisotopic (exact) mass is 341 g/mol. The summed E-state index contributed by atoms with van der Waals surface area (Å²) in [6.07, 6.45) is 3.49. The Morgan fingerprint density at radius 2 is 2.08 bits per heavy atom. The molecule has 0 bridgehead atoms. The Morgan fingerprint density at radius 3 is 2.84 bits per heavy atom. The molecule has 0 unspecified atom stereocenters. The first-order valence-electron chi connectivity index (χ1n) is 8.45. The van der Waals surface area contributed by atoms with Crippen molar-refractivity contribution >= 4 is 11.8 Å². The second-order valence-electron chi connectivity index (χ2n) is 5.93. The lowest BCUT2D eigenvalue weighted by atomic mass is 10.2. The lowest BCUT2D eigenvalue weighted by Gasteiger charge is -2.28. The number of nitrogens with one attached hydrogen (secondary N) is 2. The van der Waals surface area contributed by atoms with Gasteiger partial charge in [0.25, 0.3) is 0 Å². The molecule has 2 aromatic rings. The van der Waals surface area contributed by atoms with E-state index in [0.717, 1.165) is 43.4 Å². The lowest BCUT2D eigenvalue weighted by Crippen LogP contribution is -2.37. The predicted molar refractivity (Wildman–Crippen MR) is 95.3 cm³/mol. The minimum Gasteiger partial charge on any atom is -0.378 e. The number of hydrogen-bond acceptors (Lipinski definition) is 5. The molecular formula is C18H23N5O2. The fourth-order valence-electron chi connectivity index (χ4n) is 2.67. The van der Waals surface area contributed by atoms with Crippen LogP contribution < -0.4 is 15.5 Å². The zero-order valence-corrected chi connectivity index (χ0v) is 14.3. The number of aromatic nitrogens is 2. The largest absolute Gasteiger partial charge is 0.378 e. The van der Waals surface area contributed by atoms with E-state index in [1.165, 1.54) is 0 Å². The van der Waals surface area contributed by atoms with Gasteiger partial charge in [0.2, 0.25) is 0 Å². The van der Waals surface area contributed by atoms with Gasteiger partial charge >= 0.3 is 6.03 Å². The van der Waals surface area contributed by atoms with Gasteiger partial charge in [0.15, 0.2) is 0 Å². The highest BCUT2D eigenvalue weighted by atomic mass is 16.5. The van der Waals surface area contributed by atoms with Crippen LogP contribution >= 0.6 is 0 Å². The second kappa shape index (κ2) is 8.43. The van der Waals surface area contributed by atoms with Gasteiger partial charge in [-0.2, -0.15) is 0 Å². The second-order valence-corrected chi connectivity index (χ2v) is 5.93. The molecule has 0 saturated carbocycles. The van der Waals surface area contributed by atoms with Gasteiger partial charge < -0.3 is 20.3 Å². The molecule has 132 valence electrons. The molecule has 2 amide bonds. The normalized spacial score (nSPS) is 15.5. The Labute approximate surface area is 147 Å². The van der Waals surface area contributed by atoms with Crippen LogP contribution in [0.2, 0.25) is 0 Å². The molecule has 2 N–H and O–H groups in total. The summed E-state index contributed by atoms with van der Waals surface area (Å²) in [5, 5.41) is 5.77. The highest BCUT2D eigenvalue weighted by molar-refractivity contribution is 5.74. The molecule has 0 aromatic carbocycles. The molecule has 7 heteroatoms. The molecule has 0 aliphatic carbocycles. The van der Waals surface area contributed by atoms with Crippen LogP contribution in [0.4, 0.5) is 10.6 Å². The van der Waals surface area contributed by atoms with Crippen LogP contribution in [0.15, 0.2) is 42.7 Å². The van der Waals surface area contributed by atoms with E-state index >= 15 is 0 Å². The topological polar surface area (TPSA) is 79.4 Å². The number of pyridine rings is 2. The van der Waals surface area contributed by atoms with Gasteiger partial charge in [-0.25, -0.2) is 9.78 Å². The molecule has 0 radical (unpaired) electrons. The summed E-state index contributed by atoms with van der Waals surface area (Å²) in [4.78, 5) is 22.9. The van der Waals surface area contributed by atoms with Crippen molar-refractivity contribution in [2.45, 2.75) is 19.5 Å². The maximum atomic E-state index is 12.1. The molecule has 0 spiro atoms. The maximum Gasteiger partial charge on any atom is 0.315 e. The molecule has 1 aliphatic rings. The smallest absolute Gasteiger partial charge is 0.315 e. The van der Waals surface area contributed by atoms with Crippen molar-refractivity contribution in [3.8, 4) is 0 Å². The van der Waals surface area contributed by atoms with E-state index in [0.29, 0.717) is 6.54 Å². The van der Waals surface area contributed by atoms with Gasteiger partial charge in [-0.1, -0.05) is 6.07 Å². The quantitative estimate of drug-likeness (QED) is 0.868. The van der Waals surface area contributed by atoms with Crippen LogP contribution in [0.1, 0.15) is 24.2 Å². The molecule has 7 nitrogen and oxygen atoms in total. The highest BCUT2D eigenvalue weighted by Crippen LogP contribution is 2.14. The summed E-state index contributed by atoms with van der Waals surface area (Å²) < 4.78 is 5.36. The number of ether oxygens (including phenoxy) is 1. The Morgan fingerprint density at radius 1 is 1.24 bits per heavy atom. The van der Waals surface area contributed by atoms with Crippen LogP contribution in [0.3, 0.4) is 0 Å². The number of amides is 2. The van der Waals surface area contributed by atoms with Gasteiger partial charge in [0.05, 0.1) is 24.9 Å². The van der Waals surface area contributed by atoms with Crippen LogP contribution in [0, 0.1) is 0 Å². The van der Waals surface area contributed by atoms with Crippen molar-refractivity contribution in [1.29, 1.82) is 0 Å². The van der Waals surface area contributed by atoms with E-state index in [4.69, 9.17) is 4.74 Å². The molecule has 1 saturated heterocycles. The summed E-state index contributed by atoms with van der Waals surface area (Å²) in [7, 11) is 0. The number of carbonyl (C=O) groups excluding carboxylic acids is 1. The summed E-state index contributed by atoms with van der Waals surface area (Å²) in [6, 6.07) is 9.20. The molecule has 1 aliphatic heterocycles. The van der Waals surface area contributed by atoms with Crippen LogP contribution in [-0.2, 0) is 11.3 Å². The zero-order valence-electron chi connectivity index (χ0n) is 14.3. The average molecular weight is 341 g/mol. The Hall–Kier alpha value is -2.67. The number of urea groups is 1. The predicted octanol–water partition coefficient (Wildman–Crippen LogP) is 1.87. The van der Waals surface area contributed by atoms with E-state index in [9.17, 15) is 4.79 Å². The highest BCUT2D eigenvalue weighted by Gasteiger charge is 2.13. The van der Waals surface area contributed by atoms with Crippen LogP contribution in [0.25, 0.3) is 0 Å². The first-order valence-corrected chi connectivity index (χ1v) is 8.45.